The summed E-state index contributed by atoms with van der Waals surface area (Å²) < 4.78 is 5.37. The fourth-order valence-corrected chi connectivity index (χ4v) is 2.49. The Balaban J connectivity index is 2.04. The minimum atomic E-state index is 0.362. The quantitative estimate of drug-likeness (QED) is 0.815. The lowest BCUT2D eigenvalue weighted by Crippen LogP contribution is -2.31. The maximum absolute atomic E-state index is 6.15. The number of hydrogen-bond donors (Lipinski definition) is 2. The van der Waals surface area contributed by atoms with E-state index in [2.05, 4.69) is 12.2 Å². The van der Waals surface area contributed by atoms with Gasteiger partial charge in [0.25, 0.3) is 0 Å². The van der Waals surface area contributed by atoms with Crippen molar-refractivity contribution in [1.29, 1.82) is 0 Å². The van der Waals surface area contributed by atoms with Crippen molar-refractivity contribution in [2.24, 2.45) is 5.92 Å². The molecule has 1 aromatic carbocycles. The molecule has 2 rings (SSSR count). The van der Waals surface area contributed by atoms with E-state index >= 15 is 0 Å². The zero-order valence-electron chi connectivity index (χ0n) is 10.1. The zero-order chi connectivity index (χ0) is 12.3. The molecule has 1 heterocycles. The maximum Gasteiger partial charge on any atom is 0.0765 e. The van der Waals surface area contributed by atoms with Crippen LogP contribution in [0.15, 0.2) is 18.2 Å². The number of para-hydroxylation sites is 1. The lowest BCUT2D eigenvalue weighted by Gasteiger charge is -2.29. The van der Waals surface area contributed by atoms with Crippen molar-refractivity contribution in [3.63, 3.8) is 0 Å². The third kappa shape index (κ3) is 3.05. The lowest BCUT2D eigenvalue weighted by molar-refractivity contribution is 0.0622. The van der Waals surface area contributed by atoms with Crippen LogP contribution in [0.1, 0.15) is 19.8 Å². The molecule has 1 fully saturated rings. The van der Waals surface area contributed by atoms with Crippen LogP contribution in [0, 0.1) is 5.92 Å². The van der Waals surface area contributed by atoms with E-state index in [4.69, 9.17) is 22.1 Å². The summed E-state index contributed by atoms with van der Waals surface area (Å²) in [7, 11) is 0. The van der Waals surface area contributed by atoms with Gasteiger partial charge in [0.2, 0.25) is 0 Å². The molecule has 94 valence electrons. The van der Waals surface area contributed by atoms with Gasteiger partial charge in [-0.1, -0.05) is 17.7 Å². The van der Waals surface area contributed by atoms with Crippen LogP contribution in [0.4, 0.5) is 11.4 Å². The molecule has 3 N–H and O–H groups in total. The fraction of sp³-hybridized carbons (Fsp3) is 0.538. The van der Waals surface area contributed by atoms with Gasteiger partial charge >= 0.3 is 0 Å². The molecular formula is C13H19ClN2O. The molecule has 4 heteroatoms. The van der Waals surface area contributed by atoms with E-state index in [0.717, 1.165) is 31.7 Å². The van der Waals surface area contributed by atoms with E-state index in [1.807, 2.05) is 18.2 Å². The van der Waals surface area contributed by atoms with E-state index in [9.17, 15) is 0 Å². The third-order valence-corrected chi connectivity index (χ3v) is 3.71. The van der Waals surface area contributed by atoms with Crippen LogP contribution in [0.2, 0.25) is 5.02 Å². The average Bonchev–Trinajstić information content (AvgIpc) is 2.35. The summed E-state index contributed by atoms with van der Waals surface area (Å²) in [5.74, 6) is 0.624. The molecule has 0 bridgehead atoms. The van der Waals surface area contributed by atoms with Crippen molar-refractivity contribution < 1.29 is 4.74 Å². The summed E-state index contributed by atoms with van der Waals surface area (Å²) in [5.41, 5.74) is 7.49. The standard InChI is InChI=1S/C13H19ClN2O/c1-9(10-5-7-17-8-6-10)16-13-11(14)3-2-4-12(13)15/h2-4,9-10,16H,5-8,15H2,1H3. The second-order valence-corrected chi connectivity index (χ2v) is 4.99. The SMILES string of the molecule is CC(Nc1c(N)cccc1Cl)C1CCOCC1. The number of ether oxygens (including phenoxy) is 1. The van der Waals surface area contributed by atoms with Gasteiger partial charge < -0.3 is 15.8 Å². The van der Waals surface area contributed by atoms with Crippen molar-refractivity contribution in [2.45, 2.75) is 25.8 Å². The van der Waals surface area contributed by atoms with Gasteiger partial charge in [-0.2, -0.15) is 0 Å². The summed E-state index contributed by atoms with van der Waals surface area (Å²) >= 11 is 6.15. The smallest absolute Gasteiger partial charge is 0.0765 e. The van der Waals surface area contributed by atoms with Crippen LogP contribution in [-0.4, -0.2) is 19.3 Å². The highest BCUT2D eigenvalue weighted by Gasteiger charge is 2.21. The molecule has 0 aromatic heterocycles. The van der Waals surface area contributed by atoms with Crippen LogP contribution in [-0.2, 0) is 4.74 Å². The zero-order valence-corrected chi connectivity index (χ0v) is 10.8. The van der Waals surface area contributed by atoms with E-state index < -0.39 is 0 Å². The Morgan fingerprint density at radius 3 is 2.76 bits per heavy atom. The van der Waals surface area contributed by atoms with Crippen LogP contribution in [0.25, 0.3) is 0 Å². The monoisotopic (exact) mass is 254 g/mol. The van der Waals surface area contributed by atoms with Gasteiger partial charge in [-0.05, 0) is 37.8 Å². The molecule has 0 saturated carbocycles. The molecule has 1 atom stereocenters. The average molecular weight is 255 g/mol. The summed E-state index contributed by atoms with van der Waals surface area (Å²) in [5, 5.41) is 4.12. The number of hydrogen-bond acceptors (Lipinski definition) is 3. The van der Waals surface area contributed by atoms with E-state index in [0.29, 0.717) is 22.7 Å². The van der Waals surface area contributed by atoms with Gasteiger partial charge in [0.05, 0.1) is 16.4 Å². The molecule has 1 aliphatic rings. The first kappa shape index (κ1) is 12.5. The van der Waals surface area contributed by atoms with Gasteiger partial charge in [-0.3, -0.25) is 0 Å². The number of halogens is 1. The molecule has 0 aliphatic carbocycles. The van der Waals surface area contributed by atoms with Crippen molar-refractivity contribution in [3.8, 4) is 0 Å². The van der Waals surface area contributed by atoms with Crippen molar-refractivity contribution >= 4 is 23.0 Å². The molecule has 0 amide bonds. The first-order chi connectivity index (χ1) is 8.18. The summed E-state index contributed by atoms with van der Waals surface area (Å²) in [6.07, 6.45) is 2.19. The second kappa shape index (κ2) is 5.61. The van der Waals surface area contributed by atoms with Crippen LogP contribution < -0.4 is 11.1 Å². The van der Waals surface area contributed by atoms with Gasteiger partial charge in [0, 0.05) is 19.3 Å². The predicted molar refractivity (Wildman–Crippen MR) is 72.5 cm³/mol. The normalized spacial score (nSPS) is 18.9. The highest BCUT2D eigenvalue weighted by atomic mass is 35.5. The number of benzene rings is 1. The Morgan fingerprint density at radius 2 is 2.12 bits per heavy atom. The number of rotatable bonds is 3. The topological polar surface area (TPSA) is 47.3 Å². The first-order valence-electron chi connectivity index (χ1n) is 6.06. The second-order valence-electron chi connectivity index (χ2n) is 4.59. The fourth-order valence-electron chi connectivity index (χ4n) is 2.25. The third-order valence-electron chi connectivity index (χ3n) is 3.39. The van der Waals surface area contributed by atoms with E-state index in [1.54, 1.807) is 0 Å². The largest absolute Gasteiger partial charge is 0.397 e. The summed E-state index contributed by atoms with van der Waals surface area (Å²) in [4.78, 5) is 0. The Kier molecular flexibility index (Phi) is 4.13. The molecule has 1 saturated heterocycles. The highest BCUT2D eigenvalue weighted by molar-refractivity contribution is 6.33. The Labute approximate surface area is 107 Å². The summed E-state index contributed by atoms with van der Waals surface area (Å²) in [6, 6.07) is 5.95. The molecule has 1 unspecified atom stereocenters. The molecule has 3 nitrogen and oxygen atoms in total. The molecule has 1 aromatic rings. The van der Waals surface area contributed by atoms with Gasteiger partial charge in [-0.15, -0.1) is 0 Å². The van der Waals surface area contributed by atoms with Crippen LogP contribution in [0.5, 0.6) is 0 Å². The molecule has 0 radical (unpaired) electrons. The number of nitrogens with two attached hydrogens (primary N) is 1. The van der Waals surface area contributed by atoms with Gasteiger partial charge in [0.1, 0.15) is 0 Å². The van der Waals surface area contributed by atoms with Crippen molar-refractivity contribution in [3.05, 3.63) is 23.2 Å². The molecular weight excluding hydrogens is 236 g/mol. The summed E-state index contributed by atoms with van der Waals surface area (Å²) in [6.45, 7) is 3.89. The van der Waals surface area contributed by atoms with E-state index in [-0.39, 0.29) is 0 Å². The molecule has 17 heavy (non-hydrogen) atoms. The Bertz CT molecular complexity index is 357. The van der Waals surface area contributed by atoms with Crippen molar-refractivity contribution in [1.82, 2.24) is 0 Å². The Hall–Kier alpha value is -0.930. The van der Waals surface area contributed by atoms with Crippen LogP contribution in [0.3, 0.4) is 0 Å². The number of nitrogen functional groups attached to an aromatic ring is 1. The lowest BCUT2D eigenvalue weighted by atomic mass is 9.93. The minimum Gasteiger partial charge on any atom is -0.397 e. The van der Waals surface area contributed by atoms with E-state index in [1.165, 1.54) is 0 Å². The van der Waals surface area contributed by atoms with Gasteiger partial charge in [-0.25, -0.2) is 0 Å². The molecule has 1 aliphatic heterocycles. The Morgan fingerprint density at radius 1 is 1.41 bits per heavy atom. The van der Waals surface area contributed by atoms with Crippen molar-refractivity contribution in [2.75, 3.05) is 24.3 Å². The highest BCUT2D eigenvalue weighted by Crippen LogP contribution is 2.30. The predicted octanol–water partition coefficient (Wildman–Crippen LogP) is 3.15. The number of anilines is 2. The molecule has 0 spiro atoms. The number of nitrogens with one attached hydrogen (secondary N) is 1. The maximum atomic E-state index is 6.15. The van der Waals surface area contributed by atoms with Gasteiger partial charge in [0.15, 0.2) is 0 Å². The minimum absolute atomic E-state index is 0.362. The first-order valence-corrected chi connectivity index (χ1v) is 6.44. The van der Waals surface area contributed by atoms with Crippen LogP contribution >= 0.6 is 11.6 Å².